The summed E-state index contributed by atoms with van der Waals surface area (Å²) in [5.41, 5.74) is 1.26. The number of fused-ring (bicyclic) bond motifs is 3. The van der Waals surface area contributed by atoms with Crippen LogP contribution in [0.5, 0.6) is 5.88 Å². The second kappa shape index (κ2) is 7.76. The fourth-order valence-corrected chi connectivity index (χ4v) is 5.16. The monoisotopic (exact) mass is 377 g/mol. The predicted molar refractivity (Wildman–Crippen MR) is 102 cm³/mol. The normalized spacial score (nSPS) is 26.2. The van der Waals surface area contributed by atoms with Crippen LogP contribution in [0.3, 0.4) is 0 Å². The Balaban J connectivity index is 1.56. The first-order chi connectivity index (χ1) is 12.7. The van der Waals surface area contributed by atoms with Gasteiger partial charge < -0.3 is 19.5 Å². The van der Waals surface area contributed by atoms with Crippen molar-refractivity contribution < 1.29 is 14.6 Å². The van der Waals surface area contributed by atoms with Crippen LogP contribution in [0.2, 0.25) is 0 Å². The first-order valence-electron chi connectivity index (χ1n) is 9.46. The summed E-state index contributed by atoms with van der Waals surface area (Å²) in [5, 5.41) is 10.3. The summed E-state index contributed by atoms with van der Waals surface area (Å²) in [4.78, 5) is 13.5. The molecule has 0 aromatic carbocycles. The number of aromatic nitrogens is 2. The van der Waals surface area contributed by atoms with Crippen molar-refractivity contribution in [2.24, 2.45) is 0 Å². The molecule has 0 spiro atoms. The topological polar surface area (TPSA) is 67.7 Å². The fourth-order valence-electron chi connectivity index (χ4n) is 4.08. The third-order valence-corrected chi connectivity index (χ3v) is 6.73. The number of thiophene rings is 1. The first-order valence-corrected chi connectivity index (χ1v) is 10.3. The summed E-state index contributed by atoms with van der Waals surface area (Å²) in [6, 6.07) is 0.658. The number of ether oxygens (including phenoxy) is 2. The molecular formula is C19H27N3O3S. The molecule has 1 fully saturated rings. The average Bonchev–Trinajstić information content (AvgIpc) is 3.01. The molecule has 4 rings (SSSR count). The molecule has 0 bridgehead atoms. The molecule has 3 heterocycles. The number of rotatable bonds is 5. The van der Waals surface area contributed by atoms with E-state index in [0.717, 1.165) is 35.4 Å². The Labute approximate surface area is 158 Å². The second-order valence-corrected chi connectivity index (χ2v) is 8.61. The lowest BCUT2D eigenvalue weighted by Gasteiger charge is -2.32. The van der Waals surface area contributed by atoms with Gasteiger partial charge in [0, 0.05) is 23.9 Å². The summed E-state index contributed by atoms with van der Waals surface area (Å²) in [6.45, 7) is 0.742. The van der Waals surface area contributed by atoms with E-state index in [1.807, 2.05) is 0 Å². The van der Waals surface area contributed by atoms with Crippen molar-refractivity contribution in [3.8, 4) is 5.88 Å². The summed E-state index contributed by atoms with van der Waals surface area (Å²) < 4.78 is 12.2. The highest BCUT2D eigenvalue weighted by atomic mass is 32.1. The van der Waals surface area contributed by atoms with E-state index < -0.39 is 0 Å². The van der Waals surface area contributed by atoms with Crippen molar-refractivity contribution >= 4 is 21.6 Å². The lowest BCUT2D eigenvalue weighted by atomic mass is 9.92. The van der Waals surface area contributed by atoms with Gasteiger partial charge in [-0.15, -0.1) is 11.3 Å². The zero-order chi connectivity index (χ0) is 18.1. The molecule has 1 atom stereocenters. The molecule has 2 aromatic heterocycles. The molecule has 1 aliphatic heterocycles. The van der Waals surface area contributed by atoms with E-state index in [1.54, 1.807) is 17.7 Å². The Morgan fingerprint density at radius 1 is 1.27 bits per heavy atom. The highest BCUT2D eigenvalue weighted by molar-refractivity contribution is 7.18. The van der Waals surface area contributed by atoms with Crippen molar-refractivity contribution in [2.45, 2.75) is 63.4 Å². The zero-order valence-electron chi connectivity index (χ0n) is 15.5. The minimum Gasteiger partial charge on any atom is -0.474 e. The lowest BCUT2D eigenvalue weighted by Crippen LogP contribution is -2.35. The number of aliphatic hydroxyl groups excluding tert-OH is 1. The predicted octanol–water partition coefficient (Wildman–Crippen LogP) is 2.77. The van der Waals surface area contributed by atoms with Crippen molar-refractivity contribution in [1.29, 1.82) is 0 Å². The molecule has 1 N–H and O–H groups in total. The Morgan fingerprint density at radius 3 is 2.81 bits per heavy atom. The van der Waals surface area contributed by atoms with Gasteiger partial charge in [-0.2, -0.15) is 0 Å². The summed E-state index contributed by atoms with van der Waals surface area (Å²) in [7, 11) is 4.31. The van der Waals surface area contributed by atoms with Crippen molar-refractivity contribution in [3.63, 3.8) is 0 Å². The molecule has 2 aromatic rings. The highest BCUT2D eigenvalue weighted by Gasteiger charge is 2.28. The second-order valence-electron chi connectivity index (χ2n) is 7.52. The van der Waals surface area contributed by atoms with Gasteiger partial charge in [-0.1, -0.05) is 0 Å². The Kier molecular flexibility index (Phi) is 5.40. The van der Waals surface area contributed by atoms with E-state index >= 15 is 0 Å². The molecule has 2 aliphatic rings. The van der Waals surface area contributed by atoms with Crippen LogP contribution in [-0.4, -0.2) is 58.9 Å². The summed E-state index contributed by atoms with van der Waals surface area (Å²) >= 11 is 1.68. The van der Waals surface area contributed by atoms with Gasteiger partial charge in [-0.3, -0.25) is 0 Å². The third-order valence-electron chi connectivity index (χ3n) is 5.62. The van der Waals surface area contributed by atoms with Gasteiger partial charge in [-0.25, -0.2) is 9.97 Å². The van der Waals surface area contributed by atoms with E-state index in [1.165, 1.54) is 23.3 Å². The Bertz CT molecular complexity index is 756. The molecule has 7 heteroatoms. The van der Waals surface area contributed by atoms with E-state index in [4.69, 9.17) is 9.47 Å². The number of hydrogen-bond donors (Lipinski definition) is 1. The first kappa shape index (κ1) is 18.1. The molecule has 1 aliphatic carbocycles. The smallest absolute Gasteiger partial charge is 0.225 e. The van der Waals surface area contributed by atoms with Crippen molar-refractivity contribution in [2.75, 3.05) is 20.7 Å². The molecule has 0 amide bonds. The molecule has 1 unspecified atom stereocenters. The highest BCUT2D eigenvalue weighted by Crippen LogP contribution is 2.40. The van der Waals surface area contributed by atoms with Gasteiger partial charge in [0.15, 0.2) is 0 Å². The van der Waals surface area contributed by atoms with E-state index in [0.29, 0.717) is 19.1 Å². The number of aliphatic hydroxyl groups is 1. The van der Waals surface area contributed by atoms with Gasteiger partial charge in [0.25, 0.3) is 0 Å². The maximum atomic E-state index is 9.23. The van der Waals surface area contributed by atoms with Crippen LogP contribution in [0.4, 0.5) is 0 Å². The van der Waals surface area contributed by atoms with Crippen LogP contribution in [0, 0.1) is 0 Å². The molecular weight excluding hydrogens is 350 g/mol. The summed E-state index contributed by atoms with van der Waals surface area (Å²) in [6.07, 6.45) is 7.83. The molecule has 142 valence electrons. The quantitative estimate of drug-likeness (QED) is 0.864. The van der Waals surface area contributed by atoms with E-state index in [2.05, 4.69) is 29.0 Å². The summed E-state index contributed by atoms with van der Waals surface area (Å²) in [5.74, 6) is 0.727. The van der Waals surface area contributed by atoms with Crippen LogP contribution >= 0.6 is 11.3 Å². The number of hydrogen-bond acceptors (Lipinski definition) is 7. The number of nitrogens with zero attached hydrogens (tertiary/aromatic N) is 3. The van der Waals surface area contributed by atoms with Gasteiger partial charge in [-0.05, 0) is 51.8 Å². The Hall–Kier alpha value is -1.28. The fraction of sp³-hybridized carbons (Fsp3) is 0.684. The van der Waals surface area contributed by atoms with Crippen LogP contribution in [0.25, 0.3) is 10.2 Å². The molecule has 0 saturated heterocycles. The van der Waals surface area contributed by atoms with Crippen LogP contribution in [0.1, 0.15) is 42.5 Å². The minimum absolute atomic E-state index is 0.0638. The molecule has 6 nitrogen and oxygen atoms in total. The maximum absolute atomic E-state index is 9.23. The lowest BCUT2D eigenvalue weighted by molar-refractivity contribution is 0.0156. The SMILES string of the molecule is CN(C)[C@H]1CC[C@H](Oc2ncnc3sc4c(c23)CC(CCO)OC4)CC1. The Morgan fingerprint density at radius 2 is 2.08 bits per heavy atom. The molecule has 0 radical (unpaired) electrons. The van der Waals surface area contributed by atoms with Gasteiger partial charge in [0.2, 0.25) is 5.88 Å². The largest absolute Gasteiger partial charge is 0.474 e. The van der Waals surface area contributed by atoms with Crippen LogP contribution in [-0.2, 0) is 17.8 Å². The van der Waals surface area contributed by atoms with Crippen molar-refractivity contribution in [3.05, 3.63) is 16.8 Å². The average molecular weight is 378 g/mol. The molecule has 1 saturated carbocycles. The van der Waals surface area contributed by atoms with Gasteiger partial charge in [0.1, 0.15) is 17.3 Å². The minimum atomic E-state index is 0.0638. The third kappa shape index (κ3) is 3.58. The van der Waals surface area contributed by atoms with Gasteiger partial charge in [0.05, 0.1) is 18.1 Å². The van der Waals surface area contributed by atoms with Crippen LogP contribution in [0.15, 0.2) is 6.33 Å². The van der Waals surface area contributed by atoms with Crippen molar-refractivity contribution in [1.82, 2.24) is 14.9 Å². The van der Waals surface area contributed by atoms with E-state index in [9.17, 15) is 5.11 Å². The van der Waals surface area contributed by atoms with Crippen LogP contribution < -0.4 is 4.74 Å². The maximum Gasteiger partial charge on any atom is 0.225 e. The zero-order valence-corrected chi connectivity index (χ0v) is 16.3. The van der Waals surface area contributed by atoms with E-state index in [-0.39, 0.29) is 18.8 Å². The standard InChI is InChI=1S/C19H27N3O3S/c1-22(2)12-3-5-13(6-4-12)25-18-17-15-9-14(7-8-23)24-10-16(15)26-19(17)21-11-20-18/h11-14,23H,3-10H2,1-2H3/t12-,13-,14?. The van der Waals surface area contributed by atoms with Gasteiger partial charge >= 0.3 is 0 Å². The molecule has 26 heavy (non-hydrogen) atoms.